The molecule has 1 heterocycles. The zero-order chi connectivity index (χ0) is 12.1. The molecule has 0 saturated heterocycles. The van der Waals surface area contributed by atoms with E-state index in [4.69, 9.17) is 12.2 Å². The van der Waals surface area contributed by atoms with E-state index in [0.717, 1.165) is 18.2 Å². The number of hydrogen-bond acceptors (Lipinski definition) is 2. The Balaban J connectivity index is 1.86. The summed E-state index contributed by atoms with van der Waals surface area (Å²) in [5.74, 6) is 0. The Bertz CT molecular complexity index is 344. The van der Waals surface area contributed by atoms with Gasteiger partial charge >= 0.3 is 0 Å². The van der Waals surface area contributed by atoms with Crippen LogP contribution in [0.4, 0.5) is 0 Å². The van der Waals surface area contributed by atoms with Crippen LogP contribution < -0.4 is 5.32 Å². The van der Waals surface area contributed by atoms with Crippen LogP contribution in [0.25, 0.3) is 0 Å². The van der Waals surface area contributed by atoms with Crippen LogP contribution >= 0.6 is 23.6 Å². The molecule has 1 aromatic heterocycles. The number of hydrogen-bond donors (Lipinski definition) is 1. The van der Waals surface area contributed by atoms with Crippen molar-refractivity contribution in [2.45, 2.75) is 45.2 Å². The normalized spacial score (nSPS) is 14.6. The summed E-state index contributed by atoms with van der Waals surface area (Å²) in [5, 5.41) is 8.66. The average Bonchev–Trinajstić information content (AvgIpc) is 3.03. The largest absolute Gasteiger partial charge is 0.363 e. The molecule has 17 heavy (non-hydrogen) atoms. The van der Waals surface area contributed by atoms with Crippen molar-refractivity contribution in [2.24, 2.45) is 0 Å². The SMILES string of the molecule is CCCCNC(=S)N(Cc1ccsc1)C1CC1. The van der Waals surface area contributed by atoms with Gasteiger partial charge in [0.2, 0.25) is 0 Å². The molecule has 2 rings (SSSR count). The lowest BCUT2D eigenvalue weighted by molar-refractivity contribution is 0.396. The zero-order valence-electron chi connectivity index (χ0n) is 10.3. The molecule has 1 aromatic rings. The number of thiophene rings is 1. The standard InChI is InChI=1S/C13H20N2S2/c1-2-3-7-14-13(16)15(12-4-5-12)9-11-6-8-17-10-11/h6,8,10,12H,2-5,7,9H2,1H3,(H,14,16). The lowest BCUT2D eigenvalue weighted by atomic mass is 10.3. The summed E-state index contributed by atoms with van der Waals surface area (Å²) in [6, 6.07) is 2.87. The lowest BCUT2D eigenvalue weighted by Crippen LogP contribution is -2.40. The minimum atomic E-state index is 0.677. The maximum absolute atomic E-state index is 5.50. The monoisotopic (exact) mass is 268 g/mol. The topological polar surface area (TPSA) is 15.3 Å². The van der Waals surface area contributed by atoms with Crippen LogP contribution in [0.1, 0.15) is 38.2 Å². The van der Waals surface area contributed by atoms with E-state index >= 15 is 0 Å². The molecular weight excluding hydrogens is 248 g/mol. The molecule has 1 fully saturated rings. The highest BCUT2D eigenvalue weighted by atomic mass is 32.1. The molecule has 0 radical (unpaired) electrons. The second-order valence-electron chi connectivity index (χ2n) is 4.58. The molecule has 2 nitrogen and oxygen atoms in total. The smallest absolute Gasteiger partial charge is 0.169 e. The van der Waals surface area contributed by atoms with Gasteiger partial charge in [0.1, 0.15) is 0 Å². The summed E-state index contributed by atoms with van der Waals surface area (Å²) in [5.41, 5.74) is 1.38. The molecule has 0 bridgehead atoms. The summed E-state index contributed by atoms with van der Waals surface area (Å²) in [6.45, 7) is 4.17. The minimum absolute atomic E-state index is 0.677. The highest BCUT2D eigenvalue weighted by Crippen LogP contribution is 2.28. The van der Waals surface area contributed by atoms with Gasteiger partial charge < -0.3 is 10.2 Å². The third-order valence-electron chi connectivity index (χ3n) is 2.99. The zero-order valence-corrected chi connectivity index (χ0v) is 11.9. The molecule has 0 aromatic carbocycles. The molecule has 1 aliphatic carbocycles. The van der Waals surface area contributed by atoms with Crippen LogP contribution in [-0.4, -0.2) is 22.6 Å². The minimum Gasteiger partial charge on any atom is -0.363 e. The molecule has 4 heteroatoms. The van der Waals surface area contributed by atoms with Gasteiger partial charge in [-0.1, -0.05) is 13.3 Å². The fourth-order valence-electron chi connectivity index (χ4n) is 1.81. The molecule has 94 valence electrons. The van der Waals surface area contributed by atoms with Gasteiger partial charge in [0, 0.05) is 19.1 Å². The highest BCUT2D eigenvalue weighted by Gasteiger charge is 2.30. The average molecular weight is 268 g/mol. The first-order valence-corrected chi connectivity index (χ1v) is 7.72. The lowest BCUT2D eigenvalue weighted by Gasteiger charge is -2.25. The Morgan fingerprint density at radius 2 is 2.41 bits per heavy atom. The van der Waals surface area contributed by atoms with Gasteiger partial charge in [-0.3, -0.25) is 0 Å². The number of thiocarbonyl (C=S) groups is 1. The highest BCUT2D eigenvalue weighted by molar-refractivity contribution is 7.80. The van der Waals surface area contributed by atoms with E-state index in [1.807, 2.05) is 0 Å². The number of unbranched alkanes of at least 4 members (excludes halogenated alkanes) is 1. The van der Waals surface area contributed by atoms with Crippen LogP contribution in [0.3, 0.4) is 0 Å². The van der Waals surface area contributed by atoms with Crippen molar-refractivity contribution in [1.29, 1.82) is 0 Å². The molecule has 1 saturated carbocycles. The first-order chi connectivity index (χ1) is 8.31. The number of rotatable bonds is 6. The van der Waals surface area contributed by atoms with Crippen molar-refractivity contribution in [3.63, 3.8) is 0 Å². The quantitative estimate of drug-likeness (QED) is 0.629. The second kappa shape index (κ2) is 6.36. The van der Waals surface area contributed by atoms with Crippen molar-refractivity contribution >= 4 is 28.7 Å². The van der Waals surface area contributed by atoms with Crippen LogP contribution in [0.2, 0.25) is 0 Å². The van der Waals surface area contributed by atoms with Gasteiger partial charge in [0.15, 0.2) is 5.11 Å². The van der Waals surface area contributed by atoms with Crippen molar-refractivity contribution < 1.29 is 0 Å². The van der Waals surface area contributed by atoms with E-state index in [0.29, 0.717) is 6.04 Å². The molecule has 1 aliphatic rings. The van der Waals surface area contributed by atoms with E-state index < -0.39 is 0 Å². The predicted molar refractivity (Wildman–Crippen MR) is 78.4 cm³/mol. The molecule has 0 aliphatic heterocycles. The van der Waals surface area contributed by atoms with Crippen molar-refractivity contribution in [2.75, 3.05) is 6.54 Å². The summed E-state index contributed by atoms with van der Waals surface area (Å²) in [7, 11) is 0. The van der Waals surface area contributed by atoms with Crippen LogP contribution in [0.5, 0.6) is 0 Å². The molecule has 0 amide bonds. The van der Waals surface area contributed by atoms with Crippen LogP contribution in [0, 0.1) is 0 Å². The summed E-state index contributed by atoms with van der Waals surface area (Å²) in [6.07, 6.45) is 4.99. The molecule has 0 atom stereocenters. The first kappa shape index (κ1) is 12.8. The van der Waals surface area contributed by atoms with Gasteiger partial charge in [0.05, 0.1) is 0 Å². The van der Waals surface area contributed by atoms with Crippen molar-refractivity contribution in [1.82, 2.24) is 10.2 Å². The number of nitrogens with zero attached hydrogens (tertiary/aromatic N) is 1. The van der Waals surface area contributed by atoms with Crippen molar-refractivity contribution in [3.8, 4) is 0 Å². The van der Waals surface area contributed by atoms with Crippen molar-refractivity contribution in [3.05, 3.63) is 22.4 Å². The Hall–Kier alpha value is -0.610. The van der Waals surface area contributed by atoms with E-state index in [1.54, 1.807) is 11.3 Å². The maximum atomic E-state index is 5.50. The fourth-order valence-corrected chi connectivity index (χ4v) is 2.78. The number of nitrogens with one attached hydrogen (secondary N) is 1. The predicted octanol–water partition coefficient (Wildman–Crippen LogP) is 3.39. The maximum Gasteiger partial charge on any atom is 0.169 e. The first-order valence-electron chi connectivity index (χ1n) is 6.36. The third kappa shape index (κ3) is 3.96. The van der Waals surface area contributed by atoms with E-state index in [9.17, 15) is 0 Å². The van der Waals surface area contributed by atoms with Crippen LogP contribution in [0.15, 0.2) is 16.8 Å². The van der Waals surface area contributed by atoms with Gasteiger partial charge in [-0.15, -0.1) is 0 Å². The molecule has 1 N–H and O–H groups in total. The Morgan fingerprint density at radius 1 is 1.59 bits per heavy atom. The van der Waals surface area contributed by atoms with E-state index in [2.05, 4.69) is 34.0 Å². The van der Waals surface area contributed by atoms with Gasteiger partial charge in [-0.05, 0) is 53.9 Å². The summed E-state index contributed by atoms with van der Waals surface area (Å²) >= 11 is 7.25. The summed E-state index contributed by atoms with van der Waals surface area (Å²) in [4.78, 5) is 2.35. The van der Waals surface area contributed by atoms with Gasteiger partial charge in [-0.2, -0.15) is 11.3 Å². The van der Waals surface area contributed by atoms with E-state index in [-0.39, 0.29) is 0 Å². The Morgan fingerprint density at radius 3 is 3.00 bits per heavy atom. The van der Waals surface area contributed by atoms with E-state index in [1.165, 1.54) is 31.2 Å². The van der Waals surface area contributed by atoms with Gasteiger partial charge in [-0.25, -0.2) is 0 Å². The molecule has 0 unspecified atom stereocenters. The Labute approximate surface area is 113 Å². The summed E-state index contributed by atoms with van der Waals surface area (Å²) < 4.78 is 0. The molecule has 0 spiro atoms. The molecular formula is C13H20N2S2. The Kier molecular flexibility index (Phi) is 4.80. The second-order valence-corrected chi connectivity index (χ2v) is 5.74. The van der Waals surface area contributed by atoms with Gasteiger partial charge in [0.25, 0.3) is 0 Å². The van der Waals surface area contributed by atoms with Crippen LogP contribution in [-0.2, 0) is 6.54 Å². The fraction of sp³-hybridized carbons (Fsp3) is 0.615. The third-order valence-corrected chi connectivity index (χ3v) is 4.10.